The average Bonchev–Trinajstić information content (AvgIpc) is 3.34. The van der Waals surface area contributed by atoms with Gasteiger partial charge in [-0.15, -0.1) is 11.3 Å². The summed E-state index contributed by atoms with van der Waals surface area (Å²) >= 11 is 1.81. The molecule has 0 aromatic carbocycles. The van der Waals surface area contributed by atoms with Gasteiger partial charge in [-0.25, -0.2) is 0 Å². The highest BCUT2D eigenvalue weighted by Crippen LogP contribution is 2.41. The highest BCUT2D eigenvalue weighted by molar-refractivity contribution is 7.10. The first-order valence-corrected chi connectivity index (χ1v) is 12.6. The van der Waals surface area contributed by atoms with Crippen molar-refractivity contribution in [3.63, 3.8) is 0 Å². The molecule has 0 bridgehead atoms. The second-order valence-electron chi connectivity index (χ2n) is 9.91. The summed E-state index contributed by atoms with van der Waals surface area (Å²) in [6, 6.07) is 0.490. The molecular formula is C24H36N2O4S. The SMILES string of the molecule is CN(C)[C@@H]1C[C@@H]2CN(C(=O)c3csc4c3CCCC4)C[C@@H]2C[C@H]1OCC1CC1.O=CO. The lowest BCUT2D eigenvalue weighted by atomic mass is 9.77. The van der Waals surface area contributed by atoms with Crippen LogP contribution in [-0.4, -0.2) is 73.2 Å². The third-order valence-electron chi connectivity index (χ3n) is 7.57. The molecule has 2 saturated carbocycles. The number of carboxylic acid groups (broad SMARTS) is 1. The van der Waals surface area contributed by atoms with Gasteiger partial charge in [-0.3, -0.25) is 9.59 Å². The lowest BCUT2D eigenvalue weighted by Crippen LogP contribution is -2.48. The van der Waals surface area contributed by atoms with Gasteiger partial charge in [0.2, 0.25) is 0 Å². The Bertz CT molecular complexity index is 776. The van der Waals surface area contributed by atoms with Crippen molar-refractivity contribution in [3.8, 4) is 0 Å². The Balaban J connectivity index is 0.000000730. The van der Waals surface area contributed by atoms with Crippen LogP contribution in [0.3, 0.4) is 0 Å². The third-order valence-corrected chi connectivity index (χ3v) is 8.66. The van der Waals surface area contributed by atoms with Crippen molar-refractivity contribution in [2.45, 2.75) is 63.5 Å². The van der Waals surface area contributed by atoms with Crippen molar-refractivity contribution >= 4 is 23.7 Å². The Labute approximate surface area is 189 Å². The smallest absolute Gasteiger partial charge is 0.290 e. The van der Waals surface area contributed by atoms with Gasteiger partial charge >= 0.3 is 0 Å². The fraction of sp³-hybridized carbons (Fsp3) is 0.750. The van der Waals surface area contributed by atoms with Crippen LogP contribution in [0.2, 0.25) is 0 Å². The predicted molar refractivity (Wildman–Crippen MR) is 122 cm³/mol. The Morgan fingerprint density at radius 2 is 1.90 bits per heavy atom. The summed E-state index contributed by atoms with van der Waals surface area (Å²) in [4.78, 5) is 27.7. The molecule has 1 aromatic heterocycles. The van der Waals surface area contributed by atoms with E-state index in [0.29, 0.717) is 29.9 Å². The van der Waals surface area contributed by atoms with Gasteiger partial charge in [0.25, 0.3) is 12.4 Å². The quantitative estimate of drug-likeness (QED) is 0.698. The minimum atomic E-state index is -0.250. The number of aryl methyl sites for hydroxylation is 1. The molecule has 0 spiro atoms. The van der Waals surface area contributed by atoms with E-state index in [1.54, 1.807) is 0 Å². The van der Waals surface area contributed by atoms with Gasteiger partial charge in [0.1, 0.15) is 0 Å². The number of nitrogens with zero attached hydrogens (tertiary/aromatic N) is 2. The minimum Gasteiger partial charge on any atom is -0.483 e. The van der Waals surface area contributed by atoms with Crippen LogP contribution < -0.4 is 0 Å². The van der Waals surface area contributed by atoms with Gasteiger partial charge in [0.05, 0.1) is 11.7 Å². The van der Waals surface area contributed by atoms with E-state index in [-0.39, 0.29) is 6.47 Å². The average molecular weight is 449 g/mol. The largest absolute Gasteiger partial charge is 0.483 e. The first-order chi connectivity index (χ1) is 15.0. The van der Waals surface area contributed by atoms with Crippen LogP contribution in [0, 0.1) is 17.8 Å². The molecule has 1 aromatic rings. The molecule has 7 heteroatoms. The summed E-state index contributed by atoms with van der Waals surface area (Å²) in [5.41, 5.74) is 2.39. The zero-order valence-electron chi connectivity index (χ0n) is 18.8. The molecule has 172 valence electrons. The van der Waals surface area contributed by atoms with Crippen molar-refractivity contribution in [2.75, 3.05) is 33.8 Å². The summed E-state index contributed by atoms with van der Waals surface area (Å²) in [5.74, 6) is 2.35. The van der Waals surface area contributed by atoms with Crippen LogP contribution >= 0.6 is 11.3 Å². The molecule has 6 nitrogen and oxygen atoms in total. The summed E-state index contributed by atoms with van der Waals surface area (Å²) in [6.07, 6.45) is 10.1. The van der Waals surface area contributed by atoms with Crippen LogP contribution in [0.25, 0.3) is 0 Å². The minimum absolute atomic E-state index is 0.250. The summed E-state index contributed by atoms with van der Waals surface area (Å²) in [6.45, 7) is 2.56. The van der Waals surface area contributed by atoms with E-state index in [1.807, 2.05) is 11.3 Å². The van der Waals surface area contributed by atoms with Crippen LogP contribution in [-0.2, 0) is 22.4 Å². The number of likely N-dealkylation sites (N-methyl/N-ethyl adjacent to an activating group) is 1. The maximum atomic E-state index is 13.3. The van der Waals surface area contributed by atoms with Gasteiger partial charge in [0.15, 0.2) is 0 Å². The standard InChI is InChI=1S/C23H34N2O2S.CH2O2/c1-24(2)20-9-16-11-25(12-17(16)10-21(20)27-13-15-7-8-15)23(26)19-14-28-22-6-4-3-5-18(19)22;2-1-3/h14-17,20-21H,3-13H2,1-2H3;1H,(H,2,3)/t16-,17+,20-,21-;/m1./s1. The summed E-state index contributed by atoms with van der Waals surface area (Å²) in [7, 11) is 4.38. The number of hydrogen-bond acceptors (Lipinski definition) is 5. The van der Waals surface area contributed by atoms with E-state index in [9.17, 15) is 4.79 Å². The van der Waals surface area contributed by atoms with Crippen molar-refractivity contribution in [1.29, 1.82) is 0 Å². The number of carbonyl (C=O) groups excluding carboxylic acids is 1. The van der Waals surface area contributed by atoms with Crippen LogP contribution in [0.15, 0.2) is 5.38 Å². The number of likely N-dealkylation sites (tertiary alicyclic amines) is 1. The van der Waals surface area contributed by atoms with Crippen molar-refractivity contribution < 1.29 is 19.4 Å². The summed E-state index contributed by atoms with van der Waals surface area (Å²) in [5, 5.41) is 9.03. The first kappa shape index (κ1) is 22.7. The molecule has 1 aliphatic heterocycles. The Morgan fingerprint density at radius 3 is 2.58 bits per heavy atom. The van der Waals surface area contributed by atoms with E-state index in [2.05, 4.69) is 29.3 Å². The van der Waals surface area contributed by atoms with Gasteiger partial charge < -0.3 is 19.6 Å². The van der Waals surface area contributed by atoms with Crippen molar-refractivity contribution in [1.82, 2.24) is 9.80 Å². The second-order valence-corrected chi connectivity index (χ2v) is 10.9. The summed E-state index contributed by atoms with van der Waals surface area (Å²) < 4.78 is 6.39. The molecule has 2 heterocycles. The number of thiophene rings is 1. The molecule has 3 fully saturated rings. The van der Waals surface area contributed by atoms with Gasteiger partial charge in [0, 0.05) is 36.0 Å². The Kier molecular flexibility index (Phi) is 7.34. The number of rotatable bonds is 5. The zero-order valence-corrected chi connectivity index (χ0v) is 19.6. The first-order valence-electron chi connectivity index (χ1n) is 11.8. The number of amides is 1. The van der Waals surface area contributed by atoms with E-state index < -0.39 is 0 Å². The third kappa shape index (κ3) is 5.15. The molecule has 4 atom stereocenters. The lowest BCUT2D eigenvalue weighted by Gasteiger charge is -2.41. The van der Waals surface area contributed by atoms with E-state index in [0.717, 1.165) is 44.0 Å². The molecule has 0 radical (unpaired) electrons. The molecule has 0 unspecified atom stereocenters. The molecular weight excluding hydrogens is 412 g/mol. The fourth-order valence-electron chi connectivity index (χ4n) is 5.67. The maximum absolute atomic E-state index is 13.3. The zero-order chi connectivity index (χ0) is 22.0. The molecule has 1 saturated heterocycles. The highest BCUT2D eigenvalue weighted by Gasteiger charge is 2.45. The van der Waals surface area contributed by atoms with Gasteiger partial charge in [-0.2, -0.15) is 0 Å². The molecule has 4 aliphatic rings. The van der Waals surface area contributed by atoms with Crippen molar-refractivity contribution in [2.24, 2.45) is 17.8 Å². The Morgan fingerprint density at radius 1 is 1.23 bits per heavy atom. The molecule has 3 aliphatic carbocycles. The molecule has 1 amide bonds. The lowest BCUT2D eigenvalue weighted by molar-refractivity contribution is -0.122. The topological polar surface area (TPSA) is 70.1 Å². The number of carbonyl (C=O) groups is 2. The monoisotopic (exact) mass is 448 g/mol. The van der Waals surface area contributed by atoms with Gasteiger partial charge in [-0.1, -0.05) is 0 Å². The predicted octanol–water partition coefficient (Wildman–Crippen LogP) is 3.54. The van der Waals surface area contributed by atoms with Crippen LogP contribution in [0.5, 0.6) is 0 Å². The van der Waals surface area contributed by atoms with E-state index in [1.165, 1.54) is 49.0 Å². The number of hydrogen-bond donors (Lipinski definition) is 1. The van der Waals surface area contributed by atoms with Crippen LogP contribution in [0.1, 0.15) is 59.3 Å². The Hall–Kier alpha value is -1.44. The normalized spacial score (nSPS) is 29.7. The fourth-order valence-corrected chi connectivity index (χ4v) is 6.79. The molecule has 1 N–H and O–H groups in total. The van der Waals surface area contributed by atoms with E-state index in [4.69, 9.17) is 14.6 Å². The molecule has 31 heavy (non-hydrogen) atoms. The number of fused-ring (bicyclic) bond motifs is 2. The van der Waals surface area contributed by atoms with Crippen LogP contribution in [0.4, 0.5) is 0 Å². The van der Waals surface area contributed by atoms with Gasteiger partial charge in [-0.05, 0) is 88.8 Å². The van der Waals surface area contributed by atoms with Crippen molar-refractivity contribution in [3.05, 3.63) is 21.4 Å². The number of ether oxygens (including phenoxy) is 1. The molecule has 5 rings (SSSR count). The second kappa shape index (κ2) is 10.0. The maximum Gasteiger partial charge on any atom is 0.290 e. The highest BCUT2D eigenvalue weighted by atomic mass is 32.1. The van der Waals surface area contributed by atoms with E-state index >= 15 is 0 Å².